The van der Waals surface area contributed by atoms with Gasteiger partial charge in [0, 0.05) is 6.54 Å². The molecule has 0 aromatic heterocycles. The summed E-state index contributed by atoms with van der Waals surface area (Å²) in [6.07, 6.45) is 1.35. The van der Waals surface area contributed by atoms with Crippen LogP contribution in [0.5, 0.6) is 0 Å². The van der Waals surface area contributed by atoms with Crippen molar-refractivity contribution in [2.24, 2.45) is 5.92 Å². The highest BCUT2D eigenvalue weighted by molar-refractivity contribution is 6.23. The zero-order valence-corrected chi connectivity index (χ0v) is 10.4. The number of imide groups is 1. The molecular formula is C14H14N2O3. The van der Waals surface area contributed by atoms with Gasteiger partial charge in [-0.3, -0.25) is 14.4 Å². The Morgan fingerprint density at radius 2 is 1.89 bits per heavy atom. The molecule has 0 bridgehead atoms. The first kappa shape index (κ1) is 11.1. The third-order valence-electron chi connectivity index (χ3n) is 4.22. The second-order valence-electron chi connectivity index (χ2n) is 5.25. The van der Waals surface area contributed by atoms with Crippen LogP contribution in [0.4, 0.5) is 5.69 Å². The van der Waals surface area contributed by atoms with Crippen LogP contribution >= 0.6 is 0 Å². The van der Waals surface area contributed by atoms with Crippen molar-refractivity contribution in [3.8, 4) is 0 Å². The first-order valence-electron chi connectivity index (χ1n) is 6.63. The standard InChI is InChI=1S/C14H14N2O3/c17-13-11-10-7-4-8-15(10)19-12(11)14(18)16(13)9-5-2-1-3-6-9/h1-3,5-6,10-12H,4,7-8H2/t10-,11-,12+/m0/s1. The molecule has 0 spiro atoms. The number of hydroxylamine groups is 2. The molecule has 3 heterocycles. The number of amides is 2. The van der Waals surface area contributed by atoms with Crippen LogP contribution in [-0.4, -0.2) is 35.6 Å². The minimum Gasteiger partial charge on any atom is -0.284 e. The van der Waals surface area contributed by atoms with Gasteiger partial charge in [-0.05, 0) is 25.0 Å². The van der Waals surface area contributed by atoms with Crippen molar-refractivity contribution in [3.05, 3.63) is 30.3 Å². The van der Waals surface area contributed by atoms with E-state index < -0.39 is 6.10 Å². The molecule has 3 fully saturated rings. The Hall–Kier alpha value is -1.72. The van der Waals surface area contributed by atoms with Crippen LogP contribution in [0, 0.1) is 5.92 Å². The van der Waals surface area contributed by atoms with Crippen molar-refractivity contribution in [1.82, 2.24) is 5.06 Å². The average molecular weight is 258 g/mol. The fraction of sp³-hybridized carbons (Fsp3) is 0.429. The van der Waals surface area contributed by atoms with Gasteiger partial charge in [0.05, 0.1) is 17.6 Å². The number of nitrogens with zero attached hydrogens (tertiary/aromatic N) is 2. The van der Waals surface area contributed by atoms with Crippen molar-refractivity contribution in [1.29, 1.82) is 0 Å². The summed E-state index contributed by atoms with van der Waals surface area (Å²) in [6, 6.07) is 9.16. The number of carbonyl (C=O) groups is 2. The largest absolute Gasteiger partial charge is 0.284 e. The topological polar surface area (TPSA) is 49.9 Å². The Balaban J connectivity index is 1.71. The number of hydrogen-bond acceptors (Lipinski definition) is 4. The van der Waals surface area contributed by atoms with E-state index in [1.165, 1.54) is 4.90 Å². The Morgan fingerprint density at radius 3 is 2.68 bits per heavy atom. The van der Waals surface area contributed by atoms with E-state index in [2.05, 4.69) is 0 Å². The average Bonchev–Trinajstić information content (AvgIpc) is 3.04. The molecular weight excluding hydrogens is 244 g/mol. The monoisotopic (exact) mass is 258 g/mol. The van der Waals surface area contributed by atoms with Gasteiger partial charge in [-0.15, -0.1) is 0 Å². The summed E-state index contributed by atoms with van der Waals surface area (Å²) < 4.78 is 0. The summed E-state index contributed by atoms with van der Waals surface area (Å²) in [5, 5.41) is 1.83. The summed E-state index contributed by atoms with van der Waals surface area (Å²) in [5.74, 6) is -0.665. The van der Waals surface area contributed by atoms with Crippen LogP contribution in [0.1, 0.15) is 12.8 Å². The van der Waals surface area contributed by atoms with Gasteiger partial charge in [0.15, 0.2) is 6.10 Å². The summed E-state index contributed by atoms with van der Waals surface area (Å²) in [7, 11) is 0. The third-order valence-corrected chi connectivity index (χ3v) is 4.22. The van der Waals surface area contributed by atoms with E-state index >= 15 is 0 Å². The number of fused-ring (bicyclic) bond motifs is 3. The summed E-state index contributed by atoms with van der Waals surface area (Å²) in [6.45, 7) is 0.823. The predicted octanol–water partition coefficient (Wildman–Crippen LogP) is 0.954. The second-order valence-corrected chi connectivity index (χ2v) is 5.25. The Kier molecular flexibility index (Phi) is 2.28. The van der Waals surface area contributed by atoms with E-state index in [0.29, 0.717) is 5.69 Å². The van der Waals surface area contributed by atoms with E-state index in [9.17, 15) is 9.59 Å². The fourth-order valence-corrected chi connectivity index (χ4v) is 3.38. The van der Waals surface area contributed by atoms with Crippen molar-refractivity contribution < 1.29 is 14.4 Å². The van der Waals surface area contributed by atoms with Crippen LogP contribution in [0.3, 0.4) is 0 Å². The molecule has 1 aromatic carbocycles. The smallest absolute Gasteiger partial charge is 0.265 e. The lowest BCUT2D eigenvalue weighted by molar-refractivity contribution is -0.162. The predicted molar refractivity (Wildman–Crippen MR) is 67.0 cm³/mol. The highest BCUT2D eigenvalue weighted by Gasteiger charge is 2.60. The van der Waals surface area contributed by atoms with Gasteiger partial charge in [-0.1, -0.05) is 18.2 Å². The van der Waals surface area contributed by atoms with E-state index in [-0.39, 0.29) is 23.8 Å². The normalized spacial score (nSPS) is 33.9. The zero-order valence-electron chi connectivity index (χ0n) is 10.4. The molecule has 98 valence electrons. The lowest BCUT2D eigenvalue weighted by atomic mass is 9.96. The Labute approximate surface area is 110 Å². The maximum absolute atomic E-state index is 12.5. The van der Waals surface area contributed by atoms with E-state index in [1.807, 2.05) is 23.3 Å². The molecule has 3 saturated heterocycles. The number of benzene rings is 1. The Morgan fingerprint density at radius 1 is 1.11 bits per heavy atom. The molecule has 2 amide bonds. The zero-order chi connectivity index (χ0) is 13.0. The van der Waals surface area contributed by atoms with Crippen LogP contribution in [0.15, 0.2) is 30.3 Å². The molecule has 19 heavy (non-hydrogen) atoms. The van der Waals surface area contributed by atoms with E-state index in [0.717, 1.165) is 19.4 Å². The number of para-hydroxylation sites is 1. The molecule has 0 unspecified atom stereocenters. The minimum atomic E-state index is -0.613. The number of anilines is 1. The number of hydrogen-bond donors (Lipinski definition) is 0. The van der Waals surface area contributed by atoms with Crippen LogP contribution in [-0.2, 0) is 14.4 Å². The van der Waals surface area contributed by atoms with Gasteiger partial charge in [0.25, 0.3) is 5.91 Å². The molecule has 0 aliphatic carbocycles. The molecule has 1 aromatic rings. The molecule has 0 N–H and O–H groups in total. The minimum absolute atomic E-state index is 0.0789. The molecule has 0 radical (unpaired) electrons. The van der Waals surface area contributed by atoms with Crippen molar-refractivity contribution in [2.45, 2.75) is 25.0 Å². The maximum atomic E-state index is 12.5. The molecule has 3 aliphatic heterocycles. The summed E-state index contributed by atoms with van der Waals surface area (Å²) >= 11 is 0. The van der Waals surface area contributed by atoms with Crippen molar-refractivity contribution in [3.63, 3.8) is 0 Å². The first-order chi connectivity index (χ1) is 9.27. The van der Waals surface area contributed by atoms with E-state index in [4.69, 9.17) is 4.84 Å². The van der Waals surface area contributed by atoms with Crippen LogP contribution in [0.2, 0.25) is 0 Å². The fourth-order valence-electron chi connectivity index (χ4n) is 3.38. The van der Waals surface area contributed by atoms with Gasteiger partial charge >= 0.3 is 0 Å². The first-order valence-corrected chi connectivity index (χ1v) is 6.63. The second kappa shape index (κ2) is 3.88. The lowest BCUT2D eigenvalue weighted by Crippen LogP contribution is -2.37. The summed E-state index contributed by atoms with van der Waals surface area (Å²) in [5.41, 5.74) is 0.639. The highest BCUT2D eigenvalue weighted by atomic mass is 16.7. The number of carbonyl (C=O) groups excluding carboxylic acids is 2. The lowest BCUT2D eigenvalue weighted by Gasteiger charge is -2.20. The van der Waals surface area contributed by atoms with E-state index in [1.54, 1.807) is 12.1 Å². The highest BCUT2D eigenvalue weighted by Crippen LogP contribution is 2.41. The van der Waals surface area contributed by atoms with Gasteiger partial charge in [0.1, 0.15) is 0 Å². The van der Waals surface area contributed by atoms with Crippen LogP contribution in [0.25, 0.3) is 0 Å². The van der Waals surface area contributed by atoms with Gasteiger partial charge < -0.3 is 0 Å². The molecule has 5 nitrogen and oxygen atoms in total. The van der Waals surface area contributed by atoms with Crippen LogP contribution < -0.4 is 4.90 Å². The summed E-state index contributed by atoms with van der Waals surface area (Å²) in [4.78, 5) is 31.9. The molecule has 0 saturated carbocycles. The quantitative estimate of drug-likeness (QED) is 0.704. The number of rotatable bonds is 1. The van der Waals surface area contributed by atoms with Crippen molar-refractivity contribution >= 4 is 17.5 Å². The maximum Gasteiger partial charge on any atom is 0.265 e. The molecule has 4 rings (SSSR count). The Bertz CT molecular complexity index is 545. The molecule has 5 heteroatoms. The van der Waals surface area contributed by atoms with Gasteiger partial charge in [-0.2, -0.15) is 5.06 Å². The third kappa shape index (κ3) is 1.42. The van der Waals surface area contributed by atoms with Gasteiger partial charge in [-0.25, -0.2) is 4.90 Å². The SMILES string of the molecule is O=C1[C@@H]2[C@@H](ON3CCC[C@@H]23)C(=O)N1c1ccccc1. The molecule has 3 atom stereocenters. The molecule has 3 aliphatic rings. The van der Waals surface area contributed by atoms with Crippen molar-refractivity contribution in [2.75, 3.05) is 11.4 Å². The van der Waals surface area contributed by atoms with Gasteiger partial charge in [0.2, 0.25) is 5.91 Å².